The summed E-state index contributed by atoms with van der Waals surface area (Å²) in [7, 11) is -1.24. The van der Waals surface area contributed by atoms with Gasteiger partial charge in [0, 0.05) is 12.8 Å². The van der Waals surface area contributed by atoms with Gasteiger partial charge in [-0.1, -0.05) is 0 Å². The summed E-state index contributed by atoms with van der Waals surface area (Å²) in [5.41, 5.74) is 0.414. The van der Waals surface area contributed by atoms with Crippen LogP contribution < -0.4 is 10.0 Å². The van der Waals surface area contributed by atoms with E-state index in [0.29, 0.717) is 5.41 Å². The van der Waals surface area contributed by atoms with Crippen LogP contribution in [0.1, 0.15) is 19.3 Å². The lowest BCUT2D eigenvalue weighted by Gasteiger charge is -2.08. The molecule has 0 aromatic heterocycles. The van der Waals surface area contributed by atoms with Gasteiger partial charge >= 0.3 is 0 Å². The SMILES string of the molecule is CS(=O)NC(=O)C1CC2(CC2)CN1. The number of hydrogen-bond acceptors (Lipinski definition) is 3. The second kappa shape index (κ2) is 3.06. The molecule has 2 fully saturated rings. The zero-order chi connectivity index (χ0) is 9.47. The van der Waals surface area contributed by atoms with Crippen LogP contribution in [0.25, 0.3) is 0 Å². The summed E-state index contributed by atoms with van der Waals surface area (Å²) in [6.07, 6.45) is 4.85. The third-order valence-corrected chi connectivity index (χ3v) is 3.37. The lowest BCUT2D eigenvalue weighted by Crippen LogP contribution is -2.40. The molecule has 1 aliphatic carbocycles. The number of carbonyl (C=O) groups excluding carboxylic acids is 1. The highest BCUT2D eigenvalue weighted by atomic mass is 32.2. The third kappa shape index (κ3) is 1.91. The van der Waals surface area contributed by atoms with Crippen LogP contribution in [0.3, 0.4) is 0 Å². The minimum Gasteiger partial charge on any atom is -0.305 e. The van der Waals surface area contributed by atoms with E-state index in [-0.39, 0.29) is 11.9 Å². The fraction of sp³-hybridized carbons (Fsp3) is 0.875. The summed E-state index contributed by atoms with van der Waals surface area (Å²) in [6, 6.07) is -0.119. The fourth-order valence-corrected chi connectivity index (χ4v) is 2.30. The Bertz CT molecular complexity index is 263. The van der Waals surface area contributed by atoms with E-state index in [0.717, 1.165) is 13.0 Å². The van der Waals surface area contributed by atoms with E-state index in [4.69, 9.17) is 0 Å². The van der Waals surface area contributed by atoms with Gasteiger partial charge in [0.1, 0.15) is 11.0 Å². The molecule has 74 valence electrons. The first-order valence-corrected chi connectivity index (χ1v) is 6.04. The first-order valence-electron chi connectivity index (χ1n) is 4.49. The summed E-state index contributed by atoms with van der Waals surface area (Å²) >= 11 is 0. The normalized spacial score (nSPS) is 31.6. The van der Waals surface area contributed by atoms with Gasteiger partial charge in [-0.15, -0.1) is 0 Å². The minimum absolute atomic E-state index is 0.119. The molecule has 2 unspecified atom stereocenters. The van der Waals surface area contributed by atoms with Gasteiger partial charge in [0.15, 0.2) is 0 Å². The molecule has 2 rings (SSSR count). The molecule has 0 radical (unpaired) electrons. The van der Waals surface area contributed by atoms with Gasteiger partial charge < -0.3 is 5.32 Å². The first-order chi connectivity index (χ1) is 6.11. The van der Waals surface area contributed by atoms with E-state index in [1.165, 1.54) is 19.1 Å². The number of nitrogens with one attached hydrogen (secondary N) is 2. The summed E-state index contributed by atoms with van der Waals surface area (Å²) in [5.74, 6) is -0.121. The van der Waals surface area contributed by atoms with Crippen molar-refractivity contribution in [2.75, 3.05) is 12.8 Å². The Morgan fingerprint density at radius 1 is 1.62 bits per heavy atom. The van der Waals surface area contributed by atoms with Crippen LogP contribution in [-0.2, 0) is 15.8 Å². The third-order valence-electron chi connectivity index (χ3n) is 2.88. The quantitative estimate of drug-likeness (QED) is 0.637. The van der Waals surface area contributed by atoms with E-state index in [1.54, 1.807) is 0 Å². The lowest BCUT2D eigenvalue weighted by molar-refractivity contribution is -0.121. The molecule has 2 atom stereocenters. The van der Waals surface area contributed by atoms with Crippen LogP contribution in [0.15, 0.2) is 0 Å². The van der Waals surface area contributed by atoms with Crippen LogP contribution in [0.2, 0.25) is 0 Å². The predicted molar refractivity (Wildman–Crippen MR) is 50.3 cm³/mol. The molecule has 1 aliphatic heterocycles. The minimum atomic E-state index is -1.24. The summed E-state index contributed by atoms with van der Waals surface area (Å²) in [4.78, 5) is 11.4. The molecule has 2 N–H and O–H groups in total. The van der Waals surface area contributed by atoms with Crippen molar-refractivity contribution in [3.05, 3.63) is 0 Å². The predicted octanol–water partition coefficient (Wildman–Crippen LogP) is -0.462. The Kier molecular flexibility index (Phi) is 2.15. The molecule has 1 amide bonds. The first kappa shape index (κ1) is 9.15. The van der Waals surface area contributed by atoms with Crippen molar-refractivity contribution in [2.45, 2.75) is 25.3 Å². The van der Waals surface area contributed by atoms with Gasteiger partial charge in [-0.05, 0) is 24.7 Å². The maximum absolute atomic E-state index is 11.4. The lowest BCUT2D eigenvalue weighted by atomic mass is 10.0. The van der Waals surface area contributed by atoms with Crippen LogP contribution in [0.5, 0.6) is 0 Å². The topological polar surface area (TPSA) is 58.2 Å². The number of carbonyl (C=O) groups is 1. The molecule has 0 aromatic carbocycles. The molecule has 0 bridgehead atoms. The summed E-state index contributed by atoms with van der Waals surface area (Å²) < 4.78 is 13.2. The molecule has 13 heavy (non-hydrogen) atoms. The van der Waals surface area contributed by atoms with E-state index >= 15 is 0 Å². The Morgan fingerprint density at radius 3 is 2.77 bits per heavy atom. The Morgan fingerprint density at radius 2 is 2.31 bits per heavy atom. The Hall–Kier alpha value is -0.420. The summed E-state index contributed by atoms with van der Waals surface area (Å²) in [6.45, 7) is 0.946. The molecule has 1 saturated carbocycles. The van der Waals surface area contributed by atoms with Crippen molar-refractivity contribution < 1.29 is 9.00 Å². The van der Waals surface area contributed by atoms with Crippen molar-refractivity contribution in [3.8, 4) is 0 Å². The van der Waals surface area contributed by atoms with Gasteiger partial charge in [0.05, 0.1) is 6.04 Å². The molecule has 0 aromatic rings. The van der Waals surface area contributed by atoms with Gasteiger partial charge in [0.2, 0.25) is 5.91 Å². The monoisotopic (exact) mass is 202 g/mol. The molecule has 5 heteroatoms. The van der Waals surface area contributed by atoms with E-state index in [2.05, 4.69) is 10.0 Å². The molecule has 1 saturated heterocycles. The highest BCUT2D eigenvalue weighted by molar-refractivity contribution is 7.82. The number of rotatable bonds is 2. The molecular formula is C8H14N2O2S. The van der Waals surface area contributed by atoms with E-state index < -0.39 is 11.0 Å². The highest BCUT2D eigenvalue weighted by Gasteiger charge is 2.49. The van der Waals surface area contributed by atoms with Crippen LogP contribution in [-0.4, -0.2) is 29.0 Å². The molecule has 1 heterocycles. The van der Waals surface area contributed by atoms with Crippen LogP contribution in [0.4, 0.5) is 0 Å². The zero-order valence-corrected chi connectivity index (χ0v) is 8.45. The largest absolute Gasteiger partial charge is 0.305 e. The fourth-order valence-electron chi connectivity index (χ4n) is 1.87. The molecule has 4 nitrogen and oxygen atoms in total. The van der Waals surface area contributed by atoms with Gasteiger partial charge in [-0.25, -0.2) is 4.21 Å². The summed E-state index contributed by atoms with van der Waals surface area (Å²) in [5, 5.41) is 3.17. The maximum atomic E-state index is 11.4. The molecule has 2 aliphatic rings. The van der Waals surface area contributed by atoms with Crippen molar-refractivity contribution in [1.82, 2.24) is 10.0 Å². The second-order valence-electron chi connectivity index (χ2n) is 4.06. The van der Waals surface area contributed by atoms with Gasteiger partial charge in [0.25, 0.3) is 0 Å². The maximum Gasteiger partial charge on any atom is 0.248 e. The average Bonchev–Trinajstić information content (AvgIpc) is 2.59. The Balaban J connectivity index is 1.88. The second-order valence-corrected chi connectivity index (χ2v) is 5.17. The Labute approximate surface area is 80.1 Å². The van der Waals surface area contributed by atoms with Crippen LogP contribution >= 0.6 is 0 Å². The van der Waals surface area contributed by atoms with Crippen molar-refractivity contribution in [2.24, 2.45) is 5.41 Å². The molecule has 1 spiro atoms. The smallest absolute Gasteiger partial charge is 0.248 e. The van der Waals surface area contributed by atoms with Crippen molar-refractivity contribution in [3.63, 3.8) is 0 Å². The zero-order valence-electron chi connectivity index (χ0n) is 7.63. The standard InChI is InChI=1S/C8H14N2O2S/c1-13(12)10-7(11)6-4-8(2-3-8)5-9-6/h6,9H,2-5H2,1H3,(H,10,11). The number of amides is 1. The van der Waals surface area contributed by atoms with Crippen molar-refractivity contribution in [1.29, 1.82) is 0 Å². The highest BCUT2D eigenvalue weighted by Crippen LogP contribution is 2.51. The van der Waals surface area contributed by atoms with Crippen molar-refractivity contribution >= 4 is 16.9 Å². The number of hydrogen-bond donors (Lipinski definition) is 2. The van der Waals surface area contributed by atoms with E-state index in [1.807, 2.05) is 0 Å². The van der Waals surface area contributed by atoms with Gasteiger partial charge in [-0.2, -0.15) is 0 Å². The average molecular weight is 202 g/mol. The van der Waals surface area contributed by atoms with E-state index in [9.17, 15) is 9.00 Å². The molecular weight excluding hydrogens is 188 g/mol. The van der Waals surface area contributed by atoms with Gasteiger partial charge in [-0.3, -0.25) is 9.52 Å². The van der Waals surface area contributed by atoms with Crippen LogP contribution in [0, 0.1) is 5.41 Å².